The lowest BCUT2D eigenvalue weighted by Gasteiger charge is -2.35. The van der Waals surface area contributed by atoms with Gasteiger partial charge < -0.3 is 15.0 Å². The molecule has 0 amide bonds. The third-order valence-corrected chi connectivity index (χ3v) is 4.39. The van der Waals surface area contributed by atoms with Crippen LogP contribution in [0.2, 0.25) is 0 Å². The molecule has 0 saturated carbocycles. The average molecular weight is 290 g/mol. The van der Waals surface area contributed by atoms with Gasteiger partial charge in [0, 0.05) is 30.4 Å². The molecule has 2 aliphatic heterocycles. The van der Waals surface area contributed by atoms with Crippen molar-refractivity contribution in [3.05, 3.63) is 17.6 Å². The molecule has 0 bridgehead atoms. The molecule has 1 aromatic rings. The monoisotopic (exact) mass is 290 g/mol. The minimum absolute atomic E-state index is 0.123. The maximum Gasteiger partial charge on any atom is 0.376 e. The van der Waals surface area contributed by atoms with Crippen LogP contribution in [-0.4, -0.2) is 53.1 Å². The zero-order chi connectivity index (χ0) is 14.8. The van der Waals surface area contributed by atoms with E-state index in [4.69, 9.17) is 4.74 Å². The normalized spacial score (nSPS) is 25.4. The summed E-state index contributed by atoms with van der Waals surface area (Å²) in [5, 5.41) is 3.47. The Morgan fingerprint density at radius 2 is 2.24 bits per heavy atom. The van der Waals surface area contributed by atoms with Gasteiger partial charge in [0.1, 0.15) is 5.82 Å². The van der Waals surface area contributed by atoms with Crippen molar-refractivity contribution < 1.29 is 9.53 Å². The van der Waals surface area contributed by atoms with Crippen molar-refractivity contribution in [1.29, 1.82) is 0 Å². The second kappa shape index (κ2) is 5.97. The largest absolute Gasteiger partial charge is 0.463 e. The number of aromatic nitrogens is 2. The van der Waals surface area contributed by atoms with E-state index in [1.807, 2.05) is 13.0 Å². The first kappa shape index (κ1) is 14.3. The fourth-order valence-corrected chi connectivity index (χ4v) is 3.39. The average Bonchev–Trinajstić information content (AvgIpc) is 2.93. The van der Waals surface area contributed by atoms with E-state index in [1.54, 1.807) is 0 Å². The molecule has 0 spiro atoms. The number of nitrogens with one attached hydrogen (secondary N) is 1. The third-order valence-electron chi connectivity index (χ3n) is 4.39. The van der Waals surface area contributed by atoms with Gasteiger partial charge in [-0.15, -0.1) is 0 Å². The summed E-state index contributed by atoms with van der Waals surface area (Å²) in [5.74, 6) is 0.352. The number of ether oxygens (including phenoxy) is 1. The van der Waals surface area contributed by atoms with Crippen molar-refractivity contribution >= 4 is 11.8 Å². The van der Waals surface area contributed by atoms with E-state index >= 15 is 0 Å². The summed E-state index contributed by atoms with van der Waals surface area (Å²) in [4.78, 5) is 22.6. The van der Waals surface area contributed by atoms with Crippen molar-refractivity contribution in [3.8, 4) is 0 Å². The van der Waals surface area contributed by atoms with Gasteiger partial charge in [0.15, 0.2) is 0 Å². The summed E-state index contributed by atoms with van der Waals surface area (Å²) in [6, 6.07) is 3.01. The summed E-state index contributed by atoms with van der Waals surface area (Å²) in [7, 11) is 1.34. The molecule has 3 rings (SSSR count). The lowest BCUT2D eigenvalue weighted by Crippen LogP contribution is -2.42. The molecule has 2 fully saturated rings. The number of fused-ring (bicyclic) bond motifs is 1. The highest BCUT2D eigenvalue weighted by Crippen LogP contribution is 2.28. The lowest BCUT2D eigenvalue weighted by atomic mass is 9.97. The molecule has 2 atom stereocenters. The predicted octanol–water partition coefficient (Wildman–Crippen LogP) is 1.61. The van der Waals surface area contributed by atoms with Crippen LogP contribution in [0.15, 0.2) is 6.07 Å². The van der Waals surface area contributed by atoms with Crippen LogP contribution in [0.25, 0.3) is 0 Å². The predicted molar refractivity (Wildman–Crippen MR) is 79.3 cm³/mol. The maximum absolute atomic E-state index is 11.6. The molecule has 0 aliphatic carbocycles. The van der Waals surface area contributed by atoms with E-state index in [9.17, 15) is 4.79 Å². The smallest absolute Gasteiger partial charge is 0.376 e. The van der Waals surface area contributed by atoms with E-state index in [0.717, 1.165) is 30.9 Å². The van der Waals surface area contributed by atoms with Gasteiger partial charge in [0.2, 0.25) is 5.82 Å². The first-order valence-electron chi connectivity index (χ1n) is 7.60. The number of methoxy groups -OCH3 is 1. The van der Waals surface area contributed by atoms with Crippen molar-refractivity contribution in [3.63, 3.8) is 0 Å². The van der Waals surface area contributed by atoms with Crippen LogP contribution in [0.3, 0.4) is 0 Å². The maximum atomic E-state index is 11.6. The molecule has 0 aromatic carbocycles. The Morgan fingerprint density at radius 3 is 3.05 bits per heavy atom. The van der Waals surface area contributed by atoms with E-state index in [2.05, 4.69) is 20.2 Å². The number of carbonyl (C=O) groups excluding carboxylic acids is 1. The Morgan fingerprint density at radius 1 is 1.38 bits per heavy atom. The van der Waals surface area contributed by atoms with E-state index in [1.165, 1.54) is 26.5 Å². The van der Waals surface area contributed by atoms with Crippen molar-refractivity contribution in [1.82, 2.24) is 14.9 Å². The highest BCUT2D eigenvalue weighted by molar-refractivity contribution is 5.85. The molecule has 2 aliphatic rings. The van der Waals surface area contributed by atoms with Crippen LogP contribution >= 0.6 is 0 Å². The first-order valence-corrected chi connectivity index (χ1v) is 7.60. The quantitative estimate of drug-likeness (QED) is 0.853. The number of hydrogen-bond acceptors (Lipinski definition) is 6. The third kappa shape index (κ3) is 3.15. The Kier molecular flexibility index (Phi) is 4.05. The Bertz CT molecular complexity index is 534. The summed E-state index contributed by atoms with van der Waals surface area (Å²) < 4.78 is 4.69. The van der Waals surface area contributed by atoms with Crippen LogP contribution in [0.1, 0.15) is 42.0 Å². The fourth-order valence-electron chi connectivity index (χ4n) is 3.39. The van der Waals surface area contributed by atoms with Crippen LogP contribution < -0.4 is 5.32 Å². The van der Waals surface area contributed by atoms with E-state index in [0.29, 0.717) is 12.1 Å². The molecule has 2 unspecified atom stereocenters. The van der Waals surface area contributed by atoms with Crippen LogP contribution in [0.5, 0.6) is 0 Å². The number of piperidine rings is 1. The molecule has 6 heteroatoms. The molecule has 1 aromatic heterocycles. The number of esters is 1. The SMILES string of the molecule is COC(=O)c1nc(C)cc(NC2CCN3CCCC3C2)n1. The lowest BCUT2D eigenvalue weighted by molar-refractivity contribution is 0.0586. The number of anilines is 1. The summed E-state index contributed by atoms with van der Waals surface area (Å²) in [6.07, 6.45) is 4.88. The number of carbonyl (C=O) groups is 1. The Labute approximate surface area is 124 Å². The van der Waals surface area contributed by atoms with Crippen LogP contribution in [-0.2, 0) is 4.74 Å². The summed E-state index contributed by atoms with van der Waals surface area (Å²) >= 11 is 0. The zero-order valence-electron chi connectivity index (χ0n) is 12.6. The van der Waals surface area contributed by atoms with Crippen molar-refractivity contribution in [2.45, 2.75) is 44.7 Å². The summed E-state index contributed by atoms with van der Waals surface area (Å²) in [5.41, 5.74) is 0.770. The highest BCUT2D eigenvalue weighted by atomic mass is 16.5. The molecule has 2 saturated heterocycles. The number of rotatable bonds is 3. The fraction of sp³-hybridized carbons (Fsp3) is 0.667. The first-order chi connectivity index (χ1) is 10.2. The highest BCUT2D eigenvalue weighted by Gasteiger charge is 2.31. The van der Waals surface area contributed by atoms with Gasteiger partial charge in [-0.1, -0.05) is 0 Å². The number of nitrogens with zero attached hydrogens (tertiary/aromatic N) is 3. The minimum Gasteiger partial charge on any atom is -0.463 e. The minimum atomic E-state index is -0.493. The second-order valence-corrected chi connectivity index (χ2v) is 5.91. The van der Waals surface area contributed by atoms with Crippen molar-refractivity contribution in [2.24, 2.45) is 0 Å². The Hall–Kier alpha value is -1.69. The van der Waals surface area contributed by atoms with E-state index in [-0.39, 0.29) is 5.82 Å². The van der Waals surface area contributed by atoms with Gasteiger partial charge in [-0.3, -0.25) is 0 Å². The van der Waals surface area contributed by atoms with Gasteiger partial charge in [-0.25, -0.2) is 14.8 Å². The van der Waals surface area contributed by atoms with Gasteiger partial charge in [-0.05, 0) is 39.2 Å². The summed E-state index contributed by atoms with van der Waals surface area (Å²) in [6.45, 7) is 4.26. The molecule has 114 valence electrons. The van der Waals surface area contributed by atoms with Gasteiger partial charge >= 0.3 is 5.97 Å². The van der Waals surface area contributed by atoms with Gasteiger partial charge in [0.05, 0.1) is 7.11 Å². The van der Waals surface area contributed by atoms with Crippen molar-refractivity contribution in [2.75, 3.05) is 25.5 Å². The van der Waals surface area contributed by atoms with Gasteiger partial charge in [0.25, 0.3) is 0 Å². The molecule has 6 nitrogen and oxygen atoms in total. The molecule has 1 N–H and O–H groups in total. The topological polar surface area (TPSA) is 67.3 Å². The molecular weight excluding hydrogens is 268 g/mol. The zero-order valence-corrected chi connectivity index (χ0v) is 12.6. The second-order valence-electron chi connectivity index (χ2n) is 5.91. The molecule has 21 heavy (non-hydrogen) atoms. The van der Waals surface area contributed by atoms with Crippen LogP contribution in [0.4, 0.5) is 5.82 Å². The molecular formula is C15H22N4O2. The van der Waals surface area contributed by atoms with Gasteiger partial charge in [-0.2, -0.15) is 0 Å². The van der Waals surface area contributed by atoms with Crippen LogP contribution in [0, 0.1) is 6.92 Å². The van der Waals surface area contributed by atoms with E-state index < -0.39 is 5.97 Å². The Balaban J connectivity index is 1.69. The standard InChI is InChI=1S/C15H22N4O2/c1-10-8-13(18-14(16-10)15(20)21-2)17-11-5-7-19-6-3-4-12(19)9-11/h8,11-12H,3-7,9H2,1-2H3,(H,16,17,18). The number of hydrogen-bond donors (Lipinski definition) is 1. The number of aryl methyl sites for hydroxylation is 1. The molecule has 3 heterocycles. The molecule has 0 radical (unpaired) electrons.